The summed E-state index contributed by atoms with van der Waals surface area (Å²) in [4.78, 5) is 0. The number of rotatable bonds is 0. The molecule has 2 heteroatoms. The SMILES string of the molecule is C#CC1=CCCC1.C1CNCCN1. The van der Waals surface area contributed by atoms with E-state index in [1.807, 2.05) is 0 Å². The van der Waals surface area contributed by atoms with E-state index >= 15 is 0 Å². The van der Waals surface area contributed by atoms with Crippen molar-refractivity contribution in [3.8, 4) is 12.3 Å². The Morgan fingerprint density at radius 3 is 2.00 bits per heavy atom. The molecule has 1 fully saturated rings. The van der Waals surface area contributed by atoms with Crippen LogP contribution in [0.5, 0.6) is 0 Å². The molecule has 72 valence electrons. The van der Waals surface area contributed by atoms with Gasteiger partial charge in [0.2, 0.25) is 0 Å². The fraction of sp³-hybridized carbons (Fsp3) is 0.636. The number of nitrogens with one attached hydrogen (secondary N) is 2. The van der Waals surface area contributed by atoms with Gasteiger partial charge in [-0.25, -0.2) is 0 Å². The lowest BCUT2D eigenvalue weighted by atomic mass is 10.2. The fourth-order valence-electron chi connectivity index (χ4n) is 1.41. The monoisotopic (exact) mass is 178 g/mol. The van der Waals surface area contributed by atoms with Crippen LogP contribution < -0.4 is 10.6 Å². The summed E-state index contributed by atoms with van der Waals surface area (Å²) in [5.74, 6) is 2.62. The molecule has 0 aromatic carbocycles. The second-order valence-corrected chi connectivity index (χ2v) is 3.27. The summed E-state index contributed by atoms with van der Waals surface area (Å²) in [6.07, 6.45) is 10.8. The van der Waals surface area contributed by atoms with Crippen molar-refractivity contribution in [1.29, 1.82) is 0 Å². The zero-order chi connectivity index (χ0) is 9.36. The molecule has 2 N–H and O–H groups in total. The Bertz CT molecular complexity index is 185. The molecule has 0 atom stereocenters. The molecule has 2 nitrogen and oxygen atoms in total. The van der Waals surface area contributed by atoms with Crippen molar-refractivity contribution in [3.63, 3.8) is 0 Å². The van der Waals surface area contributed by atoms with Crippen molar-refractivity contribution in [2.24, 2.45) is 0 Å². The van der Waals surface area contributed by atoms with Crippen LogP contribution in [-0.4, -0.2) is 26.2 Å². The first-order valence-corrected chi connectivity index (χ1v) is 5.00. The fourth-order valence-corrected chi connectivity index (χ4v) is 1.41. The highest BCUT2D eigenvalue weighted by Crippen LogP contribution is 2.15. The Kier molecular flexibility index (Phi) is 5.31. The maximum absolute atomic E-state index is 5.12. The van der Waals surface area contributed by atoms with Crippen molar-refractivity contribution >= 4 is 0 Å². The van der Waals surface area contributed by atoms with Crippen molar-refractivity contribution < 1.29 is 0 Å². The van der Waals surface area contributed by atoms with E-state index in [0.717, 1.165) is 32.6 Å². The summed E-state index contributed by atoms with van der Waals surface area (Å²) < 4.78 is 0. The first-order valence-electron chi connectivity index (χ1n) is 5.00. The summed E-state index contributed by atoms with van der Waals surface area (Å²) >= 11 is 0. The standard InChI is InChI=1S/C7H8.C4H10N2/c1-2-7-5-3-4-6-7;1-2-6-4-3-5-1/h1,5H,3-4,6H2;5-6H,1-4H2. The first-order chi connectivity index (χ1) is 6.43. The number of allylic oxidation sites excluding steroid dienone is 2. The normalized spacial score (nSPS) is 21.0. The topological polar surface area (TPSA) is 24.1 Å². The van der Waals surface area contributed by atoms with Crippen LogP contribution in [0.15, 0.2) is 11.6 Å². The number of terminal acetylenes is 1. The molecule has 0 saturated carbocycles. The van der Waals surface area contributed by atoms with Crippen molar-refractivity contribution in [3.05, 3.63) is 11.6 Å². The second-order valence-electron chi connectivity index (χ2n) is 3.27. The van der Waals surface area contributed by atoms with Crippen LogP contribution in [0.2, 0.25) is 0 Å². The van der Waals surface area contributed by atoms with Crippen LogP contribution in [0.4, 0.5) is 0 Å². The summed E-state index contributed by atoms with van der Waals surface area (Å²) in [6.45, 7) is 4.56. The number of piperazine rings is 1. The third-order valence-electron chi connectivity index (χ3n) is 2.18. The molecule has 1 aliphatic carbocycles. The highest BCUT2D eigenvalue weighted by atomic mass is 15.0. The van der Waals surface area contributed by atoms with E-state index in [-0.39, 0.29) is 0 Å². The third-order valence-corrected chi connectivity index (χ3v) is 2.18. The zero-order valence-corrected chi connectivity index (χ0v) is 8.10. The van der Waals surface area contributed by atoms with Gasteiger partial charge in [0.1, 0.15) is 0 Å². The van der Waals surface area contributed by atoms with Crippen LogP contribution >= 0.6 is 0 Å². The Balaban J connectivity index is 0.000000132. The maximum Gasteiger partial charge on any atom is 0.00772 e. The minimum absolute atomic E-state index is 1.14. The predicted molar refractivity (Wildman–Crippen MR) is 56.5 cm³/mol. The molecule has 1 saturated heterocycles. The number of hydrogen-bond donors (Lipinski definition) is 2. The smallest absolute Gasteiger partial charge is 0.00772 e. The molecule has 0 radical (unpaired) electrons. The quantitative estimate of drug-likeness (QED) is 0.539. The van der Waals surface area contributed by atoms with E-state index in [9.17, 15) is 0 Å². The van der Waals surface area contributed by atoms with Gasteiger partial charge in [-0.2, -0.15) is 0 Å². The van der Waals surface area contributed by atoms with Gasteiger partial charge in [0.25, 0.3) is 0 Å². The molecule has 13 heavy (non-hydrogen) atoms. The van der Waals surface area contributed by atoms with Gasteiger partial charge < -0.3 is 10.6 Å². The lowest BCUT2D eigenvalue weighted by molar-refractivity contribution is 0.534. The number of hydrogen-bond acceptors (Lipinski definition) is 2. The summed E-state index contributed by atoms with van der Waals surface area (Å²) in [5, 5.41) is 6.44. The van der Waals surface area contributed by atoms with Crippen molar-refractivity contribution in [1.82, 2.24) is 10.6 Å². The van der Waals surface area contributed by atoms with E-state index in [1.165, 1.54) is 18.4 Å². The molecule has 0 unspecified atom stereocenters. The van der Waals surface area contributed by atoms with Crippen LogP contribution in [0, 0.1) is 12.3 Å². The maximum atomic E-state index is 5.12. The van der Waals surface area contributed by atoms with Crippen LogP contribution in [0.3, 0.4) is 0 Å². The molecule has 1 heterocycles. The van der Waals surface area contributed by atoms with Gasteiger partial charge >= 0.3 is 0 Å². The van der Waals surface area contributed by atoms with E-state index in [1.54, 1.807) is 0 Å². The average molecular weight is 178 g/mol. The second kappa shape index (κ2) is 6.71. The molecular weight excluding hydrogens is 160 g/mol. The summed E-state index contributed by atoms with van der Waals surface area (Å²) in [6, 6.07) is 0. The summed E-state index contributed by atoms with van der Waals surface area (Å²) in [7, 11) is 0. The molecular formula is C11H18N2. The highest BCUT2D eigenvalue weighted by molar-refractivity contribution is 5.27. The van der Waals surface area contributed by atoms with Crippen LogP contribution in [-0.2, 0) is 0 Å². The Morgan fingerprint density at radius 2 is 1.77 bits per heavy atom. The highest BCUT2D eigenvalue weighted by Gasteiger charge is 1.98. The van der Waals surface area contributed by atoms with Crippen molar-refractivity contribution in [2.45, 2.75) is 19.3 Å². The van der Waals surface area contributed by atoms with Gasteiger partial charge in [-0.05, 0) is 24.8 Å². The van der Waals surface area contributed by atoms with Gasteiger partial charge in [0, 0.05) is 26.2 Å². The van der Waals surface area contributed by atoms with Crippen LogP contribution in [0.25, 0.3) is 0 Å². The Morgan fingerprint density at radius 1 is 1.15 bits per heavy atom. The molecule has 0 aromatic heterocycles. The zero-order valence-electron chi connectivity index (χ0n) is 8.10. The molecule has 1 aliphatic heterocycles. The first kappa shape index (κ1) is 10.3. The Labute approximate surface area is 80.8 Å². The van der Waals surface area contributed by atoms with Crippen LogP contribution in [0.1, 0.15) is 19.3 Å². The molecule has 0 amide bonds. The minimum atomic E-state index is 1.14. The van der Waals surface area contributed by atoms with E-state index < -0.39 is 0 Å². The molecule has 0 aromatic rings. The Hall–Kier alpha value is -0.780. The molecule has 0 spiro atoms. The molecule has 0 bridgehead atoms. The molecule has 2 aliphatic rings. The van der Waals surface area contributed by atoms with Gasteiger partial charge in [0.15, 0.2) is 0 Å². The predicted octanol–water partition coefficient (Wildman–Crippen LogP) is 0.909. The van der Waals surface area contributed by atoms with E-state index in [2.05, 4.69) is 22.6 Å². The largest absolute Gasteiger partial charge is 0.314 e. The van der Waals surface area contributed by atoms with E-state index in [0.29, 0.717) is 0 Å². The van der Waals surface area contributed by atoms with Crippen molar-refractivity contribution in [2.75, 3.05) is 26.2 Å². The third kappa shape index (κ3) is 4.72. The lowest BCUT2D eigenvalue weighted by Crippen LogP contribution is -2.39. The average Bonchev–Trinajstić information content (AvgIpc) is 2.74. The molecule has 2 rings (SSSR count). The van der Waals surface area contributed by atoms with Gasteiger partial charge in [-0.15, -0.1) is 6.42 Å². The lowest BCUT2D eigenvalue weighted by Gasteiger charge is -2.11. The van der Waals surface area contributed by atoms with Gasteiger partial charge in [0.05, 0.1) is 0 Å². The minimum Gasteiger partial charge on any atom is -0.314 e. The van der Waals surface area contributed by atoms with E-state index in [4.69, 9.17) is 6.42 Å². The van der Waals surface area contributed by atoms with Gasteiger partial charge in [-0.3, -0.25) is 0 Å². The summed E-state index contributed by atoms with van der Waals surface area (Å²) in [5.41, 5.74) is 1.19. The van der Waals surface area contributed by atoms with Gasteiger partial charge in [-0.1, -0.05) is 12.0 Å².